The maximum absolute atomic E-state index is 5.81. The second-order valence-corrected chi connectivity index (χ2v) is 3.00. The standard InChI is InChI=1S/C8H11ClN2.ClH/c1-5-3-7(9)4-6(2)8(5)11-10;/h3-4,11H,10H2,1-2H3;1H. The predicted molar refractivity (Wildman–Crippen MR) is 56.0 cm³/mol. The van der Waals surface area contributed by atoms with Gasteiger partial charge in [-0.2, -0.15) is 0 Å². The third-order valence-electron chi connectivity index (χ3n) is 1.64. The Morgan fingerprint density at radius 2 is 1.67 bits per heavy atom. The van der Waals surface area contributed by atoms with Crippen molar-refractivity contribution in [2.45, 2.75) is 13.8 Å². The number of benzene rings is 1. The summed E-state index contributed by atoms with van der Waals surface area (Å²) in [5, 5.41) is 0.749. The van der Waals surface area contributed by atoms with Crippen LogP contribution in [0.5, 0.6) is 0 Å². The van der Waals surface area contributed by atoms with Crippen LogP contribution in [-0.4, -0.2) is 0 Å². The van der Waals surface area contributed by atoms with Crippen LogP contribution in [-0.2, 0) is 0 Å². The Labute approximate surface area is 83.5 Å². The van der Waals surface area contributed by atoms with E-state index in [1.165, 1.54) is 0 Å². The maximum Gasteiger partial charge on any atom is 0.0544 e. The Morgan fingerprint density at radius 3 is 2.00 bits per heavy atom. The van der Waals surface area contributed by atoms with Gasteiger partial charge in [0.05, 0.1) is 5.69 Å². The summed E-state index contributed by atoms with van der Waals surface area (Å²) >= 11 is 5.81. The Kier molecular flexibility index (Phi) is 4.39. The Balaban J connectivity index is 0.00000121. The van der Waals surface area contributed by atoms with Crippen molar-refractivity contribution in [3.63, 3.8) is 0 Å². The molecule has 0 aliphatic carbocycles. The van der Waals surface area contributed by atoms with E-state index < -0.39 is 0 Å². The highest BCUT2D eigenvalue weighted by molar-refractivity contribution is 6.30. The first-order valence-electron chi connectivity index (χ1n) is 3.38. The molecule has 0 atom stereocenters. The fraction of sp³-hybridized carbons (Fsp3) is 0.250. The molecular weight excluding hydrogens is 195 g/mol. The van der Waals surface area contributed by atoms with Gasteiger partial charge < -0.3 is 5.43 Å². The van der Waals surface area contributed by atoms with E-state index in [1.807, 2.05) is 26.0 Å². The van der Waals surface area contributed by atoms with Gasteiger partial charge >= 0.3 is 0 Å². The lowest BCUT2D eigenvalue weighted by molar-refractivity contribution is 1.27. The minimum Gasteiger partial charge on any atom is -0.324 e. The highest BCUT2D eigenvalue weighted by atomic mass is 35.5. The van der Waals surface area contributed by atoms with Crippen LogP contribution >= 0.6 is 24.0 Å². The molecule has 68 valence electrons. The zero-order chi connectivity index (χ0) is 8.43. The number of halogens is 2. The van der Waals surface area contributed by atoms with Gasteiger partial charge in [-0.15, -0.1) is 12.4 Å². The fourth-order valence-electron chi connectivity index (χ4n) is 1.14. The molecule has 0 aliphatic heterocycles. The van der Waals surface area contributed by atoms with Crippen LogP contribution in [0.3, 0.4) is 0 Å². The van der Waals surface area contributed by atoms with Crippen molar-refractivity contribution in [3.8, 4) is 0 Å². The molecule has 2 nitrogen and oxygen atoms in total. The van der Waals surface area contributed by atoms with Crippen LogP contribution in [0.15, 0.2) is 12.1 Å². The van der Waals surface area contributed by atoms with Gasteiger partial charge in [-0.25, -0.2) is 0 Å². The van der Waals surface area contributed by atoms with E-state index in [1.54, 1.807) is 0 Å². The van der Waals surface area contributed by atoms with E-state index in [-0.39, 0.29) is 12.4 Å². The van der Waals surface area contributed by atoms with Gasteiger partial charge in [-0.1, -0.05) is 11.6 Å². The topological polar surface area (TPSA) is 38.0 Å². The number of aryl methyl sites for hydroxylation is 2. The zero-order valence-corrected chi connectivity index (χ0v) is 8.59. The van der Waals surface area contributed by atoms with Crippen molar-refractivity contribution in [3.05, 3.63) is 28.3 Å². The van der Waals surface area contributed by atoms with Gasteiger partial charge in [-0.3, -0.25) is 5.84 Å². The fourth-order valence-corrected chi connectivity index (χ4v) is 1.47. The third-order valence-corrected chi connectivity index (χ3v) is 1.86. The van der Waals surface area contributed by atoms with Crippen molar-refractivity contribution in [1.29, 1.82) is 0 Å². The van der Waals surface area contributed by atoms with E-state index in [9.17, 15) is 0 Å². The third kappa shape index (κ3) is 2.27. The maximum atomic E-state index is 5.81. The molecule has 4 heteroatoms. The van der Waals surface area contributed by atoms with Crippen molar-refractivity contribution >= 4 is 29.7 Å². The van der Waals surface area contributed by atoms with Gasteiger partial charge in [0.1, 0.15) is 0 Å². The second-order valence-electron chi connectivity index (χ2n) is 2.56. The molecule has 1 aromatic carbocycles. The Bertz CT molecular complexity index is 251. The van der Waals surface area contributed by atoms with Crippen LogP contribution < -0.4 is 11.3 Å². The van der Waals surface area contributed by atoms with Gasteiger partial charge in [0, 0.05) is 5.02 Å². The number of rotatable bonds is 1. The first-order valence-corrected chi connectivity index (χ1v) is 3.76. The van der Waals surface area contributed by atoms with Crippen molar-refractivity contribution in [1.82, 2.24) is 0 Å². The number of hydrazine groups is 1. The lowest BCUT2D eigenvalue weighted by Gasteiger charge is -2.08. The predicted octanol–water partition coefficient (Wildman–Crippen LogP) is 2.66. The number of nitrogens with one attached hydrogen (secondary N) is 1. The number of hydrogen-bond acceptors (Lipinski definition) is 2. The molecule has 0 radical (unpaired) electrons. The van der Waals surface area contributed by atoms with Crippen LogP contribution in [0.25, 0.3) is 0 Å². The number of hydrogen-bond donors (Lipinski definition) is 2. The van der Waals surface area contributed by atoms with E-state index in [4.69, 9.17) is 17.4 Å². The lowest BCUT2D eigenvalue weighted by Crippen LogP contribution is -2.09. The smallest absolute Gasteiger partial charge is 0.0544 e. The molecule has 3 N–H and O–H groups in total. The first-order chi connectivity index (χ1) is 5.15. The summed E-state index contributed by atoms with van der Waals surface area (Å²) in [6, 6.07) is 3.76. The van der Waals surface area contributed by atoms with Crippen LogP contribution in [0.2, 0.25) is 5.02 Å². The monoisotopic (exact) mass is 206 g/mol. The van der Waals surface area contributed by atoms with Crippen LogP contribution in [0.1, 0.15) is 11.1 Å². The summed E-state index contributed by atoms with van der Waals surface area (Å²) in [5.74, 6) is 5.31. The van der Waals surface area contributed by atoms with Gasteiger partial charge in [0.25, 0.3) is 0 Å². The Morgan fingerprint density at radius 1 is 1.25 bits per heavy atom. The molecule has 0 unspecified atom stereocenters. The summed E-state index contributed by atoms with van der Waals surface area (Å²) < 4.78 is 0. The lowest BCUT2D eigenvalue weighted by atomic mass is 10.1. The molecule has 1 aromatic rings. The molecule has 0 aliphatic rings. The van der Waals surface area contributed by atoms with Crippen molar-refractivity contribution in [2.75, 3.05) is 5.43 Å². The molecule has 12 heavy (non-hydrogen) atoms. The normalized spacial score (nSPS) is 9.00. The minimum absolute atomic E-state index is 0. The largest absolute Gasteiger partial charge is 0.324 e. The Hall–Kier alpha value is -0.440. The zero-order valence-electron chi connectivity index (χ0n) is 7.02. The van der Waals surface area contributed by atoms with Crippen LogP contribution in [0, 0.1) is 13.8 Å². The van der Waals surface area contributed by atoms with Gasteiger partial charge in [0.15, 0.2) is 0 Å². The summed E-state index contributed by atoms with van der Waals surface area (Å²) in [7, 11) is 0. The van der Waals surface area contributed by atoms with Crippen LogP contribution in [0.4, 0.5) is 5.69 Å². The number of nitrogens with two attached hydrogens (primary N) is 1. The van der Waals surface area contributed by atoms with Gasteiger partial charge in [-0.05, 0) is 37.1 Å². The number of anilines is 1. The molecular formula is C8H12Cl2N2. The summed E-state index contributed by atoms with van der Waals surface area (Å²) in [6.07, 6.45) is 0. The average molecular weight is 207 g/mol. The van der Waals surface area contributed by atoms with E-state index in [0.717, 1.165) is 21.8 Å². The highest BCUT2D eigenvalue weighted by Gasteiger charge is 2.00. The summed E-state index contributed by atoms with van der Waals surface area (Å²) in [4.78, 5) is 0. The molecule has 0 bridgehead atoms. The number of nitrogen functional groups attached to an aromatic ring is 1. The molecule has 0 amide bonds. The van der Waals surface area contributed by atoms with Gasteiger partial charge in [0.2, 0.25) is 0 Å². The molecule has 0 heterocycles. The molecule has 0 spiro atoms. The summed E-state index contributed by atoms with van der Waals surface area (Å²) in [6.45, 7) is 3.93. The molecule has 0 saturated carbocycles. The van der Waals surface area contributed by atoms with Crippen molar-refractivity contribution in [2.24, 2.45) is 5.84 Å². The SMILES string of the molecule is Cc1cc(Cl)cc(C)c1NN.Cl. The van der Waals surface area contributed by atoms with Crippen molar-refractivity contribution < 1.29 is 0 Å². The van der Waals surface area contributed by atoms with E-state index in [0.29, 0.717) is 0 Å². The molecule has 0 aromatic heterocycles. The molecule has 0 fully saturated rings. The van der Waals surface area contributed by atoms with E-state index >= 15 is 0 Å². The first kappa shape index (κ1) is 11.6. The average Bonchev–Trinajstić information content (AvgIpc) is 1.85. The highest BCUT2D eigenvalue weighted by Crippen LogP contribution is 2.23. The summed E-state index contributed by atoms with van der Waals surface area (Å²) in [5.41, 5.74) is 5.72. The molecule has 1 rings (SSSR count). The minimum atomic E-state index is 0. The second kappa shape index (κ2) is 4.55. The quantitative estimate of drug-likeness (QED) is 0.548. The molecule has 0 saturated heterocycles. The van der Waals surface area contributed by atoms with E-state index in [2.05, 4.69) is 5.43 Å².